The van der Waals surface area contributed by atoms with E-state index in [1.165, 1.54) is 10.4 Å². The molecule has 0 aliphatic heterocycles. The van der Waals surface area contributed by atoms with Gasteiger partial charge in [-0.05, 0) is 45.9 Å². The van der Waals surface area contributed by atoms with Crippen molar-refractivity contribution in [1.82, 2.24) is 4.98 Å². The Morgan fingerprint density at radius 3 is 3.00 bits per heavy atom. The summed E-state index contributed by atoms with van der Waals surface area (Å²) in [7, 11) is 0. The Morgan fingerprint density at radius 1 is 1.56 bits per heavy atom. The fourth-order valence-electron chi connectivity index (χ4n) is 1.29. The molecule has 0 spiro atoms. The maximum atomic E-state index is 5.82. The standard InChI is InChI=1S/C11H10BrClN2S/c1-7-2-3-16-10(7)6-15-11-9(12)4-8(13)5-14-11/h2-5H,6H2,1H3,(H,14,15). The zero-order valence-electron chi connectivity index (χ0n) is 8.63. The van der Waals surface area contributed by atoms with Gasteiger partial charge in [0.1, 0.15) is 5.82 Å². The van der Waals surface area contributed by atoms with E-state index in [-0.39, 0.29) is 0 Å². The Hall–Kier alpha value is -0.580. The van der Waals surface area contributed by atoms with Crippen LogP contribution in [0.3, 0.4) is 0 Å². The van der Waals surface area contributed by atoms with Crippen LogP contribution in [0.25, 0.3) is 0 Å². The van der Waals surface area contributed by atoms with Gasteiger partial charge in [-0.2, -0.15) is 0 Å². The first kappa shape index (κ1) is 11.9. The third-order valence-corrected chi connectivity index (χ3v) is 4.03. The molecule has 5 heteroatoms. The Kier molecular flexibility index (Phi) is 3.84. The van der Waals surface area contributed by atoms with Crippen molar-refractivity contribution in [3.8, 4) is 0 Å². The molecule has 0 aliphatic carbocycles. The first-order valence-corrected chi connectivity index (χ1v) is 6.80. The largest absolute Gasteiger partial charge is 0.364 e. The van der Waals surface area contributed by atoms with Crippen LogP contribution in [0.4, 0.5) is 5.82 Å². The number of aryl methyl sites for hydroxylation is 1. The van der Waals surface area contributed by atoms with Gasteiger partial charge in [-0.25, -0.2) is 4.98 Å². The normalized spacial score (nSPS) is 10.4. The Balaban J connectivity index is 2.08. The molecule has 2 rings (SSSR count). The van der Waals surface area contributed by atoms with E-state index in [0.29, 0.717) is 5.02 Å². The number of pyridine rings is 1. The van der Waals surface area contributed by atoms with Crippen molar-refractivity contribution in [2.75, 3.05) is 5.32 Å². The number of halogens is 2. The number of thiophene rings is 1. The number of nitrogens with zero attached hydrogens (tertiary/aromatic N) is 1. The van der Waals surface area contributed by atoms with E-state index in [4.69, 9.17) is 11.6 Å². The highest BCUT2D eigenvalue weighted by Gasteiger charge is 2.04. The van der Waals surface area contributed by atoms with Crippen LogP contribution < -0.4 is 5.32 Å². The fourth-order valence-corrected chi connectivity index (χ4v) is 2.92. The van der Waals surface area contributed by atoms with Gasteiger partial charge in [-0.1, -0.05) is 11.6 Å². The van der Waals surface area contributed by atoms with Crippen LogP contribution in [0.2, 0.25) is 5.02 Å². The quantitative estimate of drug-likeness (QED) is 0.903. The summed E-state index contributed by atoms with van der Waals surface area (Å²) in [5, 5.41) is 6.00. The number of rotatable bonds is 3. The summed E-state index contributed by atoms with van der Waals surface area (Å²) in [4.78, 5) is 5.54. The highest BCUT2D eigenvalue weighted by Crippen LogP contribution is 2.24. The van der Waals surface area contributed by atoms with Crippen molar-refractivity contribution in [3.63, 3.8) is 0 Å². The van der Waals surface area contributed by atoms with Crippen LogP contribution in [0, 0.1) is 6.92 Å². The molecule has 0 saturated carbocycles. The van der Waals surface area contributed by atoms with E-state index in [2.05, 4.69) is 44.6 Å². The highest BCUT2D eigenvalue weighted by atomic mass is 79.9. The summed E-state index contributed by atoms with van der Waals surface area (Å²) >= 11 is 11.0. The van der Waals surface area contributed by atoms with Gasteiger partial charge in [0.25, 0.3) is 0 Å². The molecule has 2 nitrogen and oxygen atoms in total. The van der Waals surface area contributed by atoms with Crippen molar-refractivity contribution in [2.24, 2.45) is 0 Å². The topological polar surface area (TPSA) is 24.9 Å². The van der Waals surface area contributed by atoms with Gasteiger partial charge >= 0.3 is 0 Å². The Labute approximate surface area is 112 Å². The summed E-state index contributed by atoms with van der Waals surface area (Å²) in [6.07, 6.45) is 1.63. The lowest BCUT2D eigenvalue weighted by atomic mass is 10.3. The molecule has 2 aromatic heterocycles. The smallest absolute Gasteiger partial charge is 0.140 e. The second-order valence-corrected chi connectivity index (χ2v) is 5.66. The molecule has 0 bridgehead atoms. The average molecular weight is 318 g/mol. The average Bonchev–Trinajstić information content (AvgIpc) is 2.63. The van der Waals surface area contributed by atoms with Crippen LogP contribution in [-0.2, 0) is 6.54 Å². The molecule has 0 fully saturated rings. The SMILES string of the molecule is Cc1ccsc1CNc1ncc(Cl)cc1Br. The van der Waals surface area contributed by atoms with Crippen molar-refractivity contribution < 1.29 is 0 Å². The molecule has 0 radical (unpaired) electrons. The Morgan fingerprint density at radius 2 is 2.38 bits per heavy atom. The minimum Gasteiger partial charge on any atom is -0.364 e. The summed E-state index contributed by atoms with van der Waals surface area (Å²) in [5.74, 6) is 0.817. The molecule has 0 atom stereocenters. The lowest BCUT2D eigenvalue weighted by Crippen LogP contribution is -2.01. The van der Waals surface area contributed by atoms with E-state index in [1.807, 2.05) is 6.07 Å². The van der Waals surface area contributed by atoms with Crippen LogP contribution in [0.1, 0.15) is 10.4 Å². The van der Waals surface area contributed by atoms with Gasteiger partial charge in [0.05, 0.1) is 16.0 Å². The van der Waals surface area contributed by atoms with Gasteiger partial charge in [0, 0.05) is 11.1 Å². The monoisotopic (exact) mass is 316 g/mol. The summed E-state index contributed by atoms with van der Waals surface area (Å²) < 4.78 is 0.884. The third-order valence-electron chi connectivity index (χ3n) is 2.19. The number of nitrogens with one attached hydrogen (secondary N) is 1. The van der Waals surface area contributed by atoms with Gasteiger partial charge < -0.3 is 5.32 Å². The summed E-state index contributed by atoms with van der Waals surface area (Å²) in [5.41, 5.74) is 1.31. The van der Waals surface area contributed by atoms with E-state index in [0.717, 1.165) is 16.8 Å². The van der Waals surface area contributed by atoms with Gasteiger partial charge in [-0.15, -0.1) is 11.3 Å². The first-order valence-electron chi connectivity index (χ1n) is 4.74. The highest BCUT2D eigenvalue weighted by molar-refractivity contribution is 9.10. The molecule has 2 heterocycles. The molecular formula is C11H10BrClN2S. The van der Waals surface area contributed by atoms with Crippen molar-refractivity contribution >= 4 is 44.7 Å². The number of aromatic nitrogens is 1. The predicted octanol–water partition coefficient (Wildman–Crippen LogP) is 4.48. The molecule has 16 heavy (non-hydrogen) atoms. The lowest BCUT2D eigenvalue weighted by molar-refractivity contribution is 1.12. The maximum absolute atomic E-state index is 5.82. The Bertz CT molecular complexity index is 498. The predicted molar refractivity (Wildman–Crippen MR) is 73.3 cm³/mol. The molecule has 0 aromatic carbocycles. The number of anilines is 1. The van der Waals surface area contributed by atoms with Crippen molar-refractivity contribution in [2.45, 2.75) is 13.5 Å². The summed E-state index contributed by atoms with van der Waals surface area (Å²) in [6.45, 7) is 2.90. The van der Waals surface area contributed by atoms with Crippen molar-refractivity contribution in [3.05, 3.63) is 43.6 Å². The zero-order chi connectivity index (χ0) is 11.5. The van der Waals surface area contributed by atoms with Crippen LogP contribution in [0.15, 0.2) is 28.2 Å². The van der Waals surface area contributed by atoms with Crippen LogP contribution >= 0.6 is 38.9 Å². The van der Waals surface area contributed by atoms with Crippen LogP contribution in [-0.4, -0.2) is 4.98 Å². The van der Waals surface area contributed by atoms with Gasteiger partial charge in [-0.3, -0.25) is 0 Å². The van der Waals surface area contributed by atoms with Gasteiger partial charge in [0.2, 0.25) is 0 Å². The first-order chi connectivity index (χ1) is 7.66. The molecule has 0 unspecified atom stereocenters. The van der Waals surface area contributed by atoms with E-state index >= 15 is 0 Å². The lowest BCUT2D eigenvalue weighted by Gasteiger charge is -2.07. The third kappa shape index (κ3) is 2.75. The molecule has 1 N–H and O–H groups in total. The molecule has 0 saturated heterocycles. The maximum Gasteiger partial charge on any atom is 0.140 e. The molecular weight excluding hydrogens is 308 g/mol. The minimum atomic E-state index is 0.629. The molecule has 84 valence electrons. The number of hydrogen-bond acceptors (Lipinski definition) is 3. The van der Waals surface area contributed by atoms with E-state index < -0.39 is 0 Å². The minimum absolute atomic E-state index is 0.629. The van der Waals surface area contributed by atoms with Crippen molar-refractivity contribution in [1.29, 1.82) is 0 Å². The molecule has 2 aromatic rings. The van der Waals surface area contributed by atoms with Gasteiger partial charge in [0.15, 0.2) is 0 Å². The zero-order valence-corrected chi connectivity index (χ0v) is 11.8. The van der Waals surface area contributed by atoms with E-state index in [1.54, 1.807) is 17.5 Å². The summed E-state index contributed by atoms with van der Waals surface area (Å²) in [6, 6.07) is 3.95. The fraction of sp³-hybridized carbons (Fsp3) is 0.182. The number of hydrogen-bond donors (Lipinski definition) is 1. The second-order valence-electron chi connectivity index (χ2n) is 3.36. The second kappa shape index (κ2) is 5.17. The van der Waals surface area contributed by atoms with Crippen LogP contribution in [0.5, 0.6) is 0 Å². The van der Waals surface area contributed by atoms with E-state index in [9.17, 15) is 0 Å². The molecule has 0 amide bonds. The molecule has 0 aliphatic rings.